The SMILES string of the molecule is CCCNC(C)c1ccc(OCC(O)CC)cc1F. The van der Waals surface area contributed by atoms with Crippen molar-refractivity contribution in [2.75, 3.05) is 13.2 Å². The van der Waals surface area contributed by atoms with Crippen molar-refractivity contribution in [3.05, 3.63) is 29.6 Å². The third-order valence-electron chi connectivity index (χ3n) is 3.05. The molecular formula is C15H24FNO2. The Balaban J connectivity index is 2.63. The van der Waals surface area contributed by atoms with Crippen LogP contribution in [0, 0.1) is 5.82 Å². The molecule has 2 N–H and O–H groups in total. The van der Waals surface area contributed by atoms with E-state index < -0.39 is 6.10 Å². The molecule has 0 heterocycles. The predicted octanol–water partition coefficient (Wildman–Crippen LogP) is 3.04. The molecule has 0 aliphatic carbocycles. The summed E-state index contributed by atoms with van der Waals surface area (Å²) < 4.78 is 19.3. The number of nitrogens with one attached hydrogen (secondary N) is 1. The molecule has 19 heavy (non-hydrogen) atoms. The van der Waals surface area contributed by atoms with Crippen LogP contribution in [0.1, 0.15) is 45.2 Å². The second kappa shape index (κ2) is 8.12. The van der Waals surface area contributed by atoms with Crippen LogP contribution in [0.2, 0.25) is 0 Å². The molecule has 0 fully saturated rings. The van der Waals surface area contributed by atoms with E-state index in [1.54, 1.807) is 12.1 Å². The lowest BCUT2D eigenvalue weighted by atomic mass is 10.1. The molecule has 0 spiro atoms. The van der Waals surface area contributed by atoms with Gasteiger partial charge in [-0.1, -0.05) is 19.9 Å². The standard InChI is InChI=1S/C15H24FNO2/c1-4-8-17-11(3)14-7-6-13(9-15(14)16)19-10-12(18)5-2/h6-7,9,11-12,17-18H,4-5,8,10H2,1-3H3. The van der Waals surface area contributed by atoms with Crippen LogP contribution in [0.4, 0.5) is 4.39 Å². The number of aliphatic hydroxyl groups excluding tert-OH is 1. The summed E-state index contributed by atoms with van der Waals surface area (Å²) in [5.41, 5.74) is 0.636. The van der Waals surface area contributed by atoms with Crippen molar-refractivity contribution < 1.29 is 14.2 Å². The number of ether oxygens (including phenoxy) is 1. The molecule has 0 bridgehead atoms. The van der Waals surface area contributed by atoms with E-state index in [1.165, 1.54) is 6.07 Å². The van der Waals surface area contributed by atoms with Gasteiger partial charge in [0.2, 0.25) is 0 Å². The second-order valence-corrected chi connectivity index (χ2v) is 4.73. The topological polar surface area (TPSA) is 41.5 Å². The molecule has 0 aliphatic heterocycles. The van der Waals surface area contributed by atoms with Crippen molar-refractivity contribution in [1.82, 2.24) is 5.32 Å². The number of rotatable bonds is 8. The van der Waals surface area contributed by atoms with Crippen LogP contribution in [0.5, 0.6) is 5.75 Å². The molecule has 0 aromatic heterocycles. The van der Waals surface area contributed by atoms with Crippen LogP contribution < -0.4 is 10.1 Å². The summed E-state index contributed by atoms with van der Waals surface area (Å²) in [7, 11) is 0. The molecule has 2 unspecified atom stereocenters. The maximum absolute atomic E-state index is 14.0. The number of hydrogen-bond donors (Lipinski definition) is 2. The van der Waals surface area contributed by atoms with Crippen LogP contribution in [0.3, 0.4) is 0 Å². The Morgan fingerprint density at radius 3 is 2.68 bits per heavy atom. The summed E-state index contributed by atoms with van der Waals surface area (Å²) in [6, 6.07) is 4.83. The van der Waals surface area contributed by atoms with Gasteiger partial charge in [-0.25, -0.2) is 4.39 Å². The summed E-state index contributed by atoms with van der Waals surface area (Å²) in [6.07, 6.45) is 1.13. The first kappa shape index (κ1) is 15.9. The fourth-order valence-electron chi connectivity index (χ4n) is 1.73. The third kappa shape index (κ3) is 5.17. The molecule has 0 amide bonds. The highest BCUT2D eigenvalue weighted by molar-refractivity contribution is 5.30. The highest BCUT2D eigenvalue weighted by atomic mass is 19.1. The Bertz CT molecular complexity index is 384. The zero-order valence-electron chi connectivity index (χ0n) is 11.9. The lowest BCUT2D eigenvalue weighted by Crippen LogP contribution is -2.20. The second-order valence-electron chi connectivity index (χ2n) is 4.73. The first-order valence-electron chi connectivity index (χ1n) is 6.92. The number of halogens is 1. The number of hydrogen-bond acceptors (Lipinski definition) is 3. The smallest absolute Gasteiger partial charge is 0.131 e. The largest absolute Gasteiger partial charge is 0.491 e. The Hall–Kier alpha value is -1.13. The minimum atomic E-state index is -0.507. The van der Waals surface area contributed by atoms with Crippen LogP contribution in [0.15, 0.2) is 18.2 Å². The summed E-state index contributed by atoms with van der Waals surface area (Å²) in [4.78, 5) is 0. The molecule has 1 aromatic rings. The van der Waals surface area contributed by atoms with Crippen molar-refractivity contribution in [2.45, 2.75) is 45.8 Å². The number of aliphatic hydroxyl groups is 1. The molecule has 1 rings (SSSR count). The van der Waals surface area contributed by atoms with Crippen LogP contribution >= 0.6 is 0 Å². The van der Waals surface area contributed by atoms with E-state index in [2.05, 4.69) is 12.2 Å². The van der Waals surface area contributed by atoms with Crippen LogP contribution in [-0.2, 0) is 0 Å². The van der Waals surface area contributed by atoms with Gasteiger partial charge in [-0.2, -0.15) is 0 Å². The van der Waals surface area contributed by atoms with Crippen molar-refractivity contribution >= 4 is 0 Å². The first-order chi connectivity index (χ1) is 9.08. The molecule has 4 heteroatoms. The minimum absolute atomic E-state index is 0.0183. The van der Waals surface area contributed by atoms with Crippen LogP contribution in [0.25, 0.3) is 0 Å². The average molecular weight is 269 g/mol. The van der Waals surface area contributed by atoms with Crippen molar-refractivity contribution in [3.63, 3.8) is 0 Å². The molecule has 0 saturated heterocycles. The maximum atomic E-state index is 14.0. The Morgan fingerprint density at radius 2 is 2.11 bits per heavy atom. The average Bonchev–Trinajstić information content (AvgIpc) is 2.42. The lowest BCUT2D eigenvalue weighted by Gasteiger charge is -2.16. The third-order valence-corrected chi connectivity index (χ3v) is 3.05. The summed E-state index contributed by atoms with van der Waals surface area (Å²) >= 11 is 0. The van der Waals surface area contributed by atoms with E-state index >= 15 is 0 Å². The highest BCUT2D eigenvalue weighted by Crippen LogP contribution is 2.22. The Kier molecular flexibility index (Phi) is 6.81. The molecule has 2 atom stereocenters. The molecule has 1 aromatic carbocycles. The lowest BCUT2D eigenvalue weighted by molar-refractivity contribution is 0.104. The molecular weight excluding hydrogens is 245 g/mol. The normalized spacial score (nSPS) is 14.2. The van der Waals surface area contributed by atoms with Gasteiger partial charge < -0.3 is 15.2 Å². The van der Waals surface area contributed by atoms with Crippen molar-refractivity contribution in [2.24, 2.45) is 0 Å². The summed E-state index contributed by atoms with van der Waals surface area (Å²) in [6.45, 7) is 6.95. The molecule has 0 aliphatic rings. The monoisotopic (exact) mass is 269 g/mol. The van der Waals surface area contributed by atoms with Gasteiger partial charge in [0.05, 0.1) is 6.10 Å². The van der Waals surface area contributed by atoms with Gasteiger partial charge in [-0.15, -0.1) is 0 Å². The van der Waals surface area contributed by atoms with Gasteiger partial charge in [0, 0.05) is 17.7 Å². The zero-order valence-corrected chi connectivity index (χ0v) is 11.9. The quantitative estimate of drug-likeness (QED) is 0.762. The Labute approximate surface area is 114 Å². The van der Waals surface area contributed by atoms with Gasteiger partial charge in [-0.3, -0.25) is 0 Å². The van der Waals surface area contributed by atoms with Gasteiger partial charge >= 0.3 is 0 Å². The number of benzene rings is 1. The van der Waals surface area contributed by atoms with E-state index in [-0.39, 0.29) is 18.5 Å². The van der Waals surface area contributed by atoms with Gasteiger partial charge in [-0.05, 0) is 32.4 Å². The van der Waals surface area contributed by atoms with Gasteiger partial charge in [0.25, 0.3) is 0 Å². The van der Waals surface area contributed by atoms with Gasteiger partial charge in [0.1, 0.15) is 18.2 Å². The van der Waals surface area contributed by atoms with E-state index in [1.807, 2.05) is 13.8 Å². The fourth-order valence-corrected chi connectivity index (χ4v) is 1.73. The van der Waals surface area contributed by atoms with Crippen molar-refractivity contribution in [1.29, 1.82) is 0 Å². The first-order valence-corrected chi connectivity index (χ1v) is 6.92. The van der Waals surface area contributed by atoms with E-state index in [0.29, 0.717) is 17.7 Å². The van der Waals surface area contributed by atoms with Crippen LogP contribution in [-0.4, -0.2) is 24.4 Å². The van der Waals surface area contributed by atoms with E-state index in [9.17, 15) is 9.50 Å². The van der Waals surface area contributed by atoms with E-state index in [0.717, 1.165) is 13.0 Å². The zero-order chi connectivity index (χ0) is 14.3. The summed E-state index contributed by atoms with van der Waals surface area (Å²) in [5.74, 6) is 0.177. The molecule has 0 saturated carbocycles. The summed E-state index contributed by atoms with van der Waals surface area (Å²) in [5, 5.41) is 12.6. The minimum Gasteiger partial charge on any atom is -0.491 e. The Morgan fingerprint density at radius 1 is 1.37 bits per heavy atom. The molecule has 108 valence electrons. The fraction of sp³-hybridized carbons (Fsp3) is 0.600. The highest BCUT2D eigenvalue weighted by Gasteiger charge is 2.11. The molecule has 3 nitrogen and oxygen atoms in total. The predicted molar refractivity (Wildman–Crippen MR) is 74.9 cm³/mol. The maximum Gasteiger partial charge on any atom is 0.131 e. The van der Waals surface area contributed by atoms with Crippen molar-refractivity contribution in [3.8, 4) is 5.75 Å². The molecule has 0 radical (unpaired) electrons. The van der Waals surface area contributed by atoms with Gasteiger partial charge in [0.15, 0.2) is 0 Å². The van der Waals surface area contributed by atoms with E-state index in [4.69, 9.17) is 4.74 Å².